The summed E-state index contributed by atoms with van der Waals surface area (Å²) in [7, 11) is 0. The lowest BCUT2D eigenvalue weighted by molar-refractivity contribution is -0.301. The normalized spacial score (nSPS) is 11.5. The van der Waals surface area contributed by atoms with Crippen molar-refractivity contribution in [3.63, 3.8) is 0 Å². The van der Waals surface area contributed by atoms with Crippen molar-refractivity contribution in [2.75, 3.05) is 11.5 Å². The highest BCUT2D eigenvalue weighted by atomic mass is 32.2. The van der Waals surface area contributed by atoms with Crippen molar-refractivity contribution in [3.8, 4) is 0 Å². The van der Waals surface area contributed by atoms with Crippen LogP contribution in [-0.2, 0) is 4.79 Å². The first-order valence-corrected chi connectivity index (χ1v) is 3.91. The predicted octanol–water partition coefficient (Wildman–Crippen LogP) is 0.422. The van der Waals surface area contributed by atoms with Gasteiger partial charge >= 0.3 is 6.18 Å². The van der Waals surface area contributed by atoms with Gasteiger partial charge in [-0.15, -0.1) is 0 Å². The van der Waals surface area contributed by atoms with Gasteiger partial charge in [0.1, 0.15) is 0 Å². The van der Waals surface area contributed by atoms with Crippen LogP contribution < -0.4 is 5.11 Å². The molecule has 0 saturated heterocycles. The van der Waals surface area contributed by atoms with Gasteiger partial charge in [0.15, 0.2) is 0 Å². The molecule has 11 heavy (non-hydrogen) atoms. The molecule has 0 saturated carbocycles. The van der Waals surface area contributed by atoms with E-state index in [1.54, 1.807) is 0 Å². The highest BCUT2D eigenvalue weighted by Gasteiger charge is 2.25. The number of halogens is 3. The summed E-state index contributed by atoms with van der Waals surface area (Å²) in [4.78, 5) is 9.71. The van der Waals surface area contributed by atoms with Crippen molar-refractivity contribution in [1.82, 2.24) is 0 Å². The van der Waals surface area contributed by atoms with E-state index in [9.17, 15) is 23.1 Å². The van der Waals surface area contributed by atoms with Gasteiger partial charge < -0.3 is 9.90 Å². The van der Waals surface area contributed by atoms with Gasteiger partial charge in [0.05, 0.1) is 12.4 Å². The lowest BCUT2D eigenvalue weighted by Gasteiger charge is -2.05. The second-order valence-corrected chi connectivity index (χ2v) is 2.89. The van der Waals surface area contributed by atoms with E-state index < -0.39 is 18.6 Å². The standard InChI is InChI=1S/C5H7F3O2S/c6-5(7,8)1-2-11-3-4(9)10/h1-3H2,(H,9,10)/p-1. The van der Waals surface area contributed by atoms with Crippen LogP contribution in [0.15, 0.2) is 0 Å². The minimum atomic E-state index is -4.20. The van der Waals surface area contributed by atoms with Crippen LogP contribution in [-0.4, -0.2) is 23.7 Å². The molecule has 0 aliphatic rings. The first-order chi connectivity index (χ1) is 4.92. The van der Waals surface area contributed by atoms with Crippen LogP contribution in [0.1, 0.15) is 6.42 Å². The van der Waals surface area contributed by atoms with E-state index in [0.29, 0.717) is 11.8 Å². The molecule has 0 unspecified atom stereocenters. The van der Waals surface area contributed by atoms with Gasteiger partial charge in [-0.05, 0) is 0 Å². The number of thioether (sulfide) groups is 1. The Kier molecular flexibility index (Phi) is 4.32. The summed E-state index contributed by atoms with van der Waals surface area (Å²) in [6, 6.07) is 0. The molecule has 0 bridgehead atoms. The molecular formula is C5H6F3O2S-. The molecule has 2 nitrogen and oxygen atoms in total. The van der Waals surface area contributed by atoms with Gasteiger partial charge in [-0.2, -0.15) is 24.9 Å². The van der Waals surface area contributed by atoms with Crippen molar-refractivity contribution in [1.29, 1.82) is 0 Å². The van der Waals surface area contributed by atoms with Crippen molar-refractivity contribution in [2.45, 2.75) is 12.6 Å². The molecule has 0 aliphatic carbocycles. The predicted molar refractivity (Wildman–Crippen MR) is 33.0 cm³/mol. The molecule has 66 valence electrons. The molecule has 0 amide bonds. The average Bonchev–Trinajstić information content (AvgIpc) is 1.78. The Morgan fingerprint density at radius 2 is 2.00 bits per heavy atom. The fourth-order valence-electron chi connectivity index (χ4n) is 0.343. The third kappa shape index (κ3) is 9.61. The minimum absolute atomic E-state index is 0.225. The highest BCUT2D eigenvalue weighted by Crippen LogP contribution is 2.21. The topological polar surface area (TPSA) is 40.1 Å². The third-order valence-electron chi connectivity index (χ3n) is 0.750. The first kappa shape index (κ1) is 10.6. The second kappa shape index (κ2) is 4.48. The summed E-state index contributed by atoms with van der Waals surface area (Å²) in [5, 5.41) is 9.71. The maximum absolute atomic E-state index is 11.4. The zero-order valence-corrected chi connectivity index (χ0v) is 6.30. The quantitative estimate of drug-likeness (QED) is 0.599. The number of alkyl halides is 3. The van der Waals surface area contributed by atoms with Gasteiger partial charge in [-0.25, -0.2) is 0 Å². The number of hydrogen-bond acceptors (Lipinski definition) is 3. The molecule has 0 spiro atoms. The maximum Gasteiger partial charge on any atom is 0.389 e. The summed E-state index contributed by atoms with van der Waals surface area (Å²) in [6.07, 6.45) is -5.15. The van der Waals surface area contributed by atoms with E-state index in [4.69, 9.17) is 0 Å². The molecular weight excluding hydrogens is 181 g/mol. The molecule has 0 N–H and O–H groups in total. The van der Waals surface area contributed by atoms with E-state index in [1.807, 2.05) is 0 Å². The Morgan fingerprint density at radius 3 is 2.36 bits per heavy atom. The lowest BCUT2D eigenvalue weighted by Crippen LogP contribution is -2.24. The van der Waals surface area contributed by atoms with Gasteiger partial charge in [-0.1, -0.05) is 0 Å². The van der Waals surface area contributed by atoms with Gasteiger partial charge in [-0.3, -0.25) is 0 Å². The van der Waals surface area contributed by atoms with Gasteiger partial charge in [0, 0.05) is 11.5 Å². The van der Waals surface area contributed by atoms with Crippen LogP contribution in [0.4, 0.5) is 13.2 Å². The van der Waals surface area contributed by atoms with E-state index in [0.717, 1.165) is 0 Å². The molecule has 0 rings (SSSR count). The number of carbonyl (C=O) groups is 1. The second-order valence-electron chi connectivity index (χ2n) is 1.79. The average molecular weight is 187 g/mol. The summed E-state index contributed by atoms with van der Waals surface area (Å²) < 4.78 is 34.2. The SMILES string of the molecule is O=C([O-])CSCCC(F)(F)F. The molecule has 0 aromatic rings. The Bertz CT molecular complexity index is 134. The monoisotopic (exact) mass is 187 g/mol. The molecule has 0 aromatic heterocycles. The largest absolute Gasteiger partial charge is 0.549 e. The van der Waals surface area contributed by atoms with Crippen LogP contribution in [0, 0.1) is 0 Å². The maximum atomic E-state index is 11.4. The molecule has 0 atom stereocenters. The summed E-state index contributed by atoms with van der Waals surface area (Å²) in [6.45, 7) is 0. The summed E-state index contributed by atoms with van der Waals surface area (Å²) in [5.74, 6) is -1.94. The Morgan fingerprint density at radius 1 is 1.45 bits per heavy atom. The number of hydrogen-bond donors (Lipinski definition) is 0. The van der Waals surface area contributed by atoms with Crippen LogP contribution in [0.2, 0.25) is 0 Å². The van der Waals surface area contributed by atoms with E-state index in [2.05, 4.69) is 0 Å². The van der Waals surface area contributed by atoms with Crippen LogP contribution in [0.3, 0.4) is 0 Å². The Labute approximate surface area is 65.8 Å². The Balaban J connectivity index is 3.22. The number of carboxylic acid groups (broad SMARTS) is 1. The van der Waals surface area contributed by atoms with E-state index in [1.165, 1.54) is 0 Å². The minimum Gasteiger partial charge on any atom is -0.549 e. The molecule has 0 aliphatic heterocycles. The first-order valence-electron chi connectivity index (χ1n) is 2.76. The summed E-state index contributed by atoms with van der Waals surface area (Å²) in [5.41, 5.74) is 0. The number of carboxylic acids is 1. The molecule has 6 heteroatoms. The number of rotatable bonds is 4. The molecule has 0 radical (unpaired) electrons. The van der Waals surface area contributed by atoms with Crippen molar-refractivity contribution < 1.29 is 23.1 Å². The van der Waals surface area contributed by atoms with Crippen molar-refractivity contribution >= 4 is 17.7 Å². The highest BCUT2D eigenvalue weighted by molar-refractivity contribution is 7.99. The third-order valence-corrected chi connectivity index (χ3v) is 1.68. The lowest BCUT2D eigenvalue weighted by atomic mass is 10.5. The number of carbonyl (C=O) groups excluding carboxylic acids is 1. The zero-order valence-electron chi connectivity index (χ0n) is 5.48. The van der Waals surface area contributed by atoms with Crippen LogP contribution in [0.25, 0.3) is 0 Å². The van der Waals surface area contributed by atoms with Crippen LogP contribution >= 0.6 is 11.8 Å². The van der Waals surface area contributed by atoms with E-state index >= 15 is 0 Å². The smallest absolute Gasteiger partial charge is 0.389 e. The van der Waals surface area contributed by atoms with Gasteiger partial charge in [0.25, 0.3) is 0 Å². The molecule has 0 fully saturated rings. The van der Waals surface area contributed by atoms with Crippen molar-refractivity contribution in [2.24, 2.45) is 0 Å². The Hall–Kier alpha value is -0.390. The van der Waals surface area contributed by atoms with Crippen LogP contribution in [0.5, 0.6) is 0 Å². The fraction of sp³-hybridized carbons (Fsp3) is 0.800. The zero-order chi connectivity index (χ0) is 8.91. The number of aliphatic carboxylic acids is 1. The summed E-state index contributed by atoms with van der Waals surface area (Å²) >= 11 is 0.706. The van der Waals surface area contributed by atoms with Crippen molar-refractivity contribution in [3.05, 3.63) is 0 Å². The molecule has 0 aromatic carbocycles. The van der Waals surface area contributed by atoms with E-state index in [-0.39, 0.29) is 11.5 Å². The van der Waals surface area contributed by atoms with Gasteiger partial charge in [0.2, 0.25) is 0 Å². The fourth-order valence-corrected chi connectivity index (χ4v) is 1.03. The molecule has 0 heterocycles.